The topological polar surface area (TPSA) is 66.3 Å². The molecule has 0 atom stereocenters. The third-order valence-electron chi connectivity index (χ3n) is 12.1. The second-order valence-electron chi connectivity index (χ2n) is 17.2. The maximum atomic E-state index is 9.04. The van der Waals surface area contributed by atoms with E-state index in [0.29, 0.717) is 45.3 Å². The van der Waals surface area contributed by atoms with Crippen LogP contribution < -0.4 is 9.30 Å². The number of furan rings is 1. The first-order valence-electron chi connectivity index (χ1n) is 26.6. The summed E-state index contributed by atoms with van der Waals surface area (Å²) in [4.78, 5) is 10.1. The Labute approximate surface area is 420 Å². The molecule has 0 radical (unpaired) electrons. The number of para-hydroxylation sites is 4. The van der Waals surface area contributed by atoms with E-state index in [4.69, 9.17) is 32.8 Å². The van der Waals surface area contributed by atoms with Gasteiger partial charge in [0.05, 0.1) is 41.5 Å². The summed E-state index contributed by atoms with van der Waals surface area (Å²) in [6.07, 6.45) is 5.21. The molecule has 0 aliphatic heterocycles. The number of fused-ring (bicyclic) bond motifs is 9. The summed E-state index contributed by atoms with van der Waals surface area (Å²) >= 11 is 0. The Balaban J connectivity index is 0.00000609. The van der Waals surface area contributed by atoms with Crippen LogP contribution in [0.4, 0.5) is 0 Å². The number of nitrogens with zero attached hydrogens (tertiary/aromatic N) is 6. The smallest absolute Gasteiger partial charge is 0.268 e. The number of benzene rings is 8. The summed E-state index contributed by atoms with van der Waals surface area (Å²) in [7, 11) is 0. The number of imidazole rings is 3. The van der Waals surface area contributed by atoms with Gasteiger partial charge in [-0.3, -0.25) is 9.13 Å². The van der Waals surface area contributed by atoms with E-state index in [0.717, 1.165) is 44.1 Å². The minimum absolute atomic E-state index is 0. The second-order valence-corrected chi connectivity index (χ2v) is 17.2. The van der Waals surface area contributed by atoms with E-state index in [9.17, 15) is 0 Å². The fourth-order valence-electron chi connectivity index (χ4n) is 8.97. The van der Waals surface area contributed by atoms with E-state index in [-0.39, 0.29) is 54.4 Å². The molecule has 0 fully saturated rings. The first kappa shape index (κ1) is 31.8. The SMILES string of the molecule is [2H]c1c([2H])c([2H])c(-c2cccc(-c3c([2H])c([2H])c([2H])c([2H])c3[2H])c2-[n+]2[c-]n(-c3[c-]c(Oc4[c-]c5c(cc4)n4c6cc7c(cc6nc4n5-c4cc(C(C)(C)C)ccn4)oc4ccccc47)ccc3)c3ccccc32)c([2H])c1[2H].[Pt]. The molecule has 0 saturated heterocycles. The average Bonchev–Trinajstić information content (AvgIpc) is 4.26. The third kappa shape index (κ3) is 6.74. The largest absolute Gasteiger partial charge is 0.510 e. The molecule has 5 heterocycles. The van der Waals surface area contributed by atoms with E-state index in [1.165, 1.54) is 0 Å². The van der Waals surface area contributed by atoms with Crippen molar-refractivity contribution >= 4 is 60.8 Å². The van der Waals surface area contributed by atoms with Gasteiger partial charge in [-0.05, 0) is 74.2 Å². The summed E-state index contributed by atoms with van der Waals surface area (Å²) in [5.41, 5.74) is 7.24. The van der Waals surface area contributed by atoms with Gasteiger partial charge in [0.1, 0.15) is 17.0 Å². The Kier molecular flexibility index (Phi) is 7.51. The molecular formula is C59H40N6O2Pt-2. The van der Waals surface area contributed by atoms with Gasteiger partial charge in [-0.25, -0.2) is 9.97 Å². The quantitative estimate of drug-likeness (QED) is 0.118. The number of rotatable bonds is 7. The normalized spacial score (nSPS) is 14.0. The van der Waals surface area contributed by atoms with Crippen molar-refractivity contribution in [3.05, 3.63) is 212 Å². The van der Waals surface area contributed by atoms with Gasteiger partial charge in [-0.15, -0.1) is 30.3 Å². The molecule has 9 heteroatoms. The molecule has 13 rings (SSSR count). The molecule has 5 aromatic heterocycles. The van der Waals surface area contributed by atoms with Crippen LogP contribution in [0.1, 0.15) is 40.0 Å². The zero-order valence-electron chi connectivity index (χ0n) is 46.4. The molecular weight excluding hydrogens is 1020 g/mol. The number of aromatic nitrogens is 6. The van der Waals surface area contributed by atoms with E-state index in [1.807, 2.05) is 71.3 Å². The molecule has 0 spiro atoms. The zero-order chi connectivity index (χ0) is 53.5. The molecule has 68 heavy (non-hydrogen) atoms. The maximum absolute atomic E-state index is 9.04. The van der Waals surface area contributed by atoms with E-state index in [2.05, 4.69) is 55.8 Å². The molecule has 0 unspecified atom stereocenters. The first-order valence-corrected chi connectivity index (χ1v) is 21.6. The fourth-order valence-corrected chi connectivity index (χ4v) is 8.97. The summed E-state index contributed by atoms with van der Waals surface area (Å²) in [5, 5.41) is 1.97. The Morgan fingerprint density at radius 3 is 2.16 bits per heavy atom. The number of ether oxygens (including phenoxy) is 1. The molecule has 8 aromatic carbocycles. The van der Waals surface area contributed by atoms with Crippen molar-refractivity contribution in [1.82, 2.24) is 23.5 Å². The van der Waals surface area contributed by atoms with Crippen molar-refractivity contribution in [1.29, 1.82) is 0 Å². The molecule has 0 bridgehead atoms. The van der Waals surface area contributed by atoms with Crippen LogP contribution in [-0.4, -0.2) is 23.5 Å². The average molecular weight is 1070 g/mol. The summed E-state index contributed by atoms with van der Waals surface area (Å²) in [6, 6.07) is 38.9. The van der Waals surface area contributed by atoms with Gasteiger partial charge >= 0.3 is 0 Å². The van der Waals surface area contributed by atoms with Crippen LogP contribution in [0.15, 0.2) is 192 Å². The Morgan fingerprint density at radius 2 is 1.38 bits per heavy atom. The monoisotopic (exact) mass is 1070 g/mol. The second kappa shape index (κ2) is 16.1. The number of pyridine rings is 1. The van der Waals surface area contributed by atoms with Crippen LogP contribution in [0, 0.1) is 18.5 Å². The Bertz CT molecular complexity index is 4550. The van der Waals surface area contributed by atoms with Crippen LogP contribution in [0.3, 0.4) is 0 Å². The van der Waals surface area contributed by atoms with Gasteiger partial charge < -0.3 is 18.1 Å². The van der Waals surface area contributed by atoms with Crippen LogP contribution >= 0.6 is 0 Å². The number of hydrogen-bond acceptors (Lipinski definition) is 4. The Hall–Kier alpha value is -8.06. The summed E-state index contributed by atoms with van der Waals surface area (Å²) in [5.74, 6) is 1.97. The van der Waals surface area contributed by atoms with Crippen molar-refractivity contribution in [2.75, 3.05) is 0 Å². The van der Waals surface area contributed by atoms with Crippen LogP contribution in [0.2, 0.25) is 0 Å². The molecule has 0 saturated carbocycles. The van der Waals surface area contributed by atoms with Gasteiger partial charge in [0.25, 0.3) is 6.33 Å². The predicted octanol–water partition coefficient (Wildman–Crippen LogP) is 13.8. The van der Waals surface area contributed by atoms with Crippen molar-refractivity contribution in [2.45, 2.75) is 26.2 Å². The minimum Gasteiger partial charge on any atom is -0.510 e. The van der Waals surface area contributed by atoms with E-state index in [1.54, 1.807) is 57.8 Å². The van der Waals surface area contributed by atoms with Gasteiger partial charge in [0.2, 0.25) is 5.78 Å². The first-order chi connectivity index (χ1) is 37.0. The van der Waals surface area contributed by atoms with Gasteiger partial charge in [-0.2, -0.15) is 12.1 Å². The van der Waals surface area contributed by atoms with Crippen LogP contribution in [-0.2, 0) is 26.5 Å². The third-order valence-corrected chi connectivity index (χ3v) is 12.1. The van der Waals surface area contributed by atoms with E-state index < -0.39 is 60.4 Å². The van der Waals surface area contributed by atoms with Crippen molar-refractivity contribution in [3.63, 3.8) is 0 Å². The molecule has 0 aliphatic rings. The Morgan fingerprint density at radius 1 is 0.662 bits per heavy atom. The van der Waals surface area contributed by atoms with Crippen molar-refractivity contribution in [3.8, 4) is 50.9 Å². The standard InChI is InChI=1S/C59H40N6O2.Pt/c1-59(2,3)40-30-31-60-56(32-40)65-53-34-43(28-29-51(53)64-52-35-47-46-22-10-13-27-54(46)67-55(47)36-48(52)61-58(64)65)66-42-21-14-20-41(33-42)62-37-63(50-26-12-11-25-49(50)62)57-44(38-16-6-4-7-17-38)23-15-24-45(57)39-18-8-5-9-19-39;/h4-32,35-36H,1-3H3;/q-2;/i4D,5D,6D,7D,8D,9D,16D,17D,18D,19D;. The number of hydrogen-bond donors (Lipinski definition) is 0. The van der Waals surface area contributed by atoms with Crippen molar-refractivity contribution < 1.29 is 48.5 Å². The van der Waals surface area contributed by atoms with Gasteiger partial charge in [0, 0.05) is 55.6 Å². The van der Waals surface area contributed by atoms with Gasteiger partial charge in [-0.1, -0.05) is 142 Å². The van der Waals surface area contributed by atoms with Gasteiger partial charge in [0.15, 0.2) is 0 Å². The molecule has 0 N–H and O–H groups in total. The van der Waals surface area contributed by atoms with Crippen LogP contribution in [0.25, 0.3) is 100 Å². The molecule has 330 valence electrons. The van der Waals surface area contributed by atoms with Crippen LogP contribution in [0.5, 0.6) is 11.5 Å². The molecule has 13 aromatic rings. The summed E-state index contributed by atoms with van der Waals surface area (Å²) < 4.78 is 108. The minimum atomic E-state index is -0.580. The maximum Gasteiger partial charge on any atom is 0.268 e. The van der Waals surface area contributed by atoms with Crippen molar-refractivity contribution in [2.24, 2.45) is 0 Å². The predicted molar refractivity (Wildman–Crippen MR) is 266 cm³/mol. The summed E-state index contributed by atoms with van der Waals surface area (Å²) in [6.45, 7) is 6.46. The fraction of sp³-hybridized carbons (Fsp3) is 0.0678. The molecule has 0 aliphatic carbocycles. The molecule has 8 nitrogen and oxygen atoms in total. The van der Waals surface area contributed by atoms with E-state index >= 15 is 0 Å². The molecule has 0 amide bonds. The zero-order valence-corrected chi connectivity index (χ0v) is 38.7.